The lowest BCUT2D eigenvalue weighted by Crippen LogP contribution is -2.31. The molecule has 0 spiro atoms. The molecule has 0 saturated heterocycles. The molecule has 1 N–H and O–H groups in total. The molecule has 1 aliphatic heterocycles. The lowest BCUT2D eigenvalue weighted by molar-refractivity contribution is -0.153. The molecule has 5 atom stereocenters. The molecule has 3 nitrogen and oxygen atoms in total. The van der Waals surface area contributed by atoms with Crippen LogP contribution in [0, 0.1) is 11.8 Å². The Balaban J connectivity index is 2.12. The second-order valence-electron chi connectivity index (χ2n) is 6.65. The number of allylic oxidation sites excluding steroid dienone is 1. The van der Waals surface area contributed by atoms with Crippen LogP contribution in [0.4, 0.5) is 0 Å². The molecular formula is C18H29IO3. The highest BCUT2D eigenvalue weighted by molar-refractivity contribution is 14.1. The maximum absolute atomic E-state index is 12.1. The van der Waals surface area contributed by atoms with E-state index in [4.69, 9.17) is 4.74 Å². The standard InChI is InChI=1S/C18H29IO3/c1-2-16-14-12-15(19)18(21)13(14)10-8-6-4-3-5-7-9-11-17(20)22-16/h8,10,13-16,18,21H,2-7,9,11-12H2,1H3/b10-8-/t13-,14+,15+,16-,18?/m0/s1. The Hall–Kier alpha value is -0.100. The number of cyclic esters (lactones) is 1. The maximum Gasteiger partial charge on any atom is 0.306 e. The fourth-order valence-electron chi connectivity index (χ4n) is 3.72. The van der Waals surface area contributed by atoms with Gasteiger partial charge in [-0.1, -0.05) is 60.9 Å². The summed E-state index contributed by atoms with van der Waals surface area (Å²) in [7, 11) is 0. The summed E-state index contributed by atoms with van der Waals surface area (Å²) < 4.78 is 6.02. The van der Waals surface area contributed by atoms with Crippen LogP contribution in [0.5, 0.6) is 0 Å². The summed E-state index contributed by atoms with van der Waals surface area (Å²) >= 11 is 2.34. The topological polar surface area (TPSA) is 46.5 Å². The molecular weight excluding hydrogens is 391 g/mol. The summed E-state index contributed by atoms with van der Waals surface area (Å²) in [5, 5.41) is 10.5. The van der Waals surface area contributed by atoms with Gasteiger partial charge in [0.25, 0.3) is 0 Å². The van der Waals surface area contributed by atoms with Gasteiger partial charge in [0.15, 0.2) is 0 Å². The van der Waals surface area contributed by atoms with Crippen molar-refractivity contribution in [1.29, 1.82) is 0 Å². The number of aliphatic hydroxyl groups is 1. The molecule has 0 aromatic carbocycles. The maximum atomic E-state index is 12.1. The summed E-state index contributed by atoms with van der Waals surface area (Å²) in [6.45, 7) is 2.08. The highest BCUT2D eigenvalue weighted by Gasteiger charge is 2.44. The zero-order chi connectivity index (χ0) is 15.9. The van der Waals surface area contributed by atoms with Crippen molar-refractivity contribution in [1.82, 2.24) is 0 Å². The number of carbonyl (C=O) groups excluding carboxylic acids is 1. The van der Waals surface area contributed by atoms with Crippen molar-refractivity contribution in [3.8, 4) is 0 Å². The van der Waals surface area contributed by atoms with Crippen LogP contribution < -0.4 is 0 Å². The van der Waals surface area contributed by atoms with Crippen LogP contribution in [0.25, 0.3) is 0 Å². The van der Waals surface area contributed by atoms with Crippen molar-refractivity contribution in [3.05, 3.63) is 12.2 Å². The van der Waals surface area contributed by atoms with E-state index in [1.165, 1.54) is 19.3 Å². The third kappa shape index (κ3) is 4.95. The quantitative estimate of drug-likeness (QED) is 0.296. The lowest BCUT2D eigenvalue weighted by atomic mass is 9.87. The average Bonchev–Trinajstić information content (AvgIpc) is 2.78. The van der Waals surface area contributed by atoms with E-state index in [2.05, 4.69) is 41.7 Å². The number of carbonyl (C=O) groups is 1. The summed E-state index contributed by atoms with van der Waals surface area (Å²) in [6, 6.07) is 0. The van der Waals surface area contributed by atoms with Crippen LogP contribution in [-0.2, 0) is 9.53 Å². The number of aliphatic hydroxyl groups excluding tert-OH is 1. The molecule has 2 aliphatic rings. The van der Waals surface area contributed by atoms with Crippen LogP contribution in [0.3, 0.4) is 0 Å². The Bertz CT molecular complexity index is 383. The van der Waals surface area contributed by atoms with Gasteiger partial charge in [-0.2, -0.15) is 0 Å². The third-order valence-electron chi connectivity index (χ3n) is 5.03. The van der Waals surface area contributed by atoms with Crippen LogP contribution in [-0.4, -0.2) is 27.2 Å². The Labute approximate surface area is 148 Å². The van der Waals surface area contributed by atoms with Crippen molar-refractivity contribution in [3.63, 3.8) is 0 Å². The van der Waals surface area contributed by atoms with E-state index < -0.39 is 0 Å². The minimum atomic E-state index is -0.317. The van der Waals surface area contributed by atoms with E-state index in [-0.39, 0.29) is 33.9 Å². The number of rotatable bonds is 1. The van der Waals surface area contributed by atoms with E-state index in [1.54, 1.807) is 0 Å². The highest BCUT2D eigenvalue weighted by Crippen LogP contribution is 2.41. The van der Waals surface area contributed by atoms with Crippen LogP contribution in [0.1, 0.15) is 64.7 Å². The first kappa shape index (κ1) is 18.2. The fraction of sp³-hybridized carbons (Fsp3) is 0.833. The summed E-state index contributed by atoms with van der Waals surface area (Å²) in [5.74, 6) is 0.325. The highest BCUT2D eigenvalue weighted by atomic mass is 127. The molecule has 1 heterocycles. The van der Waals surface area contributed by atoms with Crippen molar-refractivity contribution in [2.75, 3.05) is 0 Å². The summed E-state index contributed by atoms with van der Waals surface area (Å²) in [4.78, 5) is 12.1. The molecule has 0 amide bonds. The predicted octanol–water partition coefficient (Wildman–Crippen LogP) is 4.41. The summed E-state index contributed by atoms with van der Waals surface area (Å²) in [5.41, 5.74) is 0. The van der Waals surface area contributed by atoms with Gasteiger partial charge in [0, 0.05) is 22.2 Å². The van der Waals surface area contributed by atoms with Gasteiger partial charge in [0.2, 0.25) is 0 Å². The Kier molecular flexibility index (Phi) is 7.68. The SMILES string of the molecule is CC[C@@H]1OC(=O)CCCCCCC/C=C\[C@@H]2C(O)[C@H](I)C[C@@H]12. The van der Waals surface area contributed by atoms with Crippen LogP contribution >= 0.6 is 22.6 Å². The number of hydrogen-bond acceptors (Lipinski definition) is 3. The smallest absolute Gasteiger partial charge is 0.306 e. The monoisotopic (exact) mass is 420 g/mol. The molecule has 1 saturated carbocycles. The van der Waals surface area contributed by atoms with Crippen LogP contribution in [0.15, 0.2) is 12.2 Å². The van der Waals surface area contributed by atoms with E-state index in [0.29, 0.717) is 6.42 Å². The van der Waals surface area contributed by atoms with Gasteiger partial charge < -0.3 is 9.84 Å². The molecule has 0 aromatic rings. The molecule has 2 rings (SSSR count). The van der Waals surface area contributed by atoms with E-state index in [0.717, 1.165) is 32.1 Å². The Morgan fingerprint density at radius 2 is 2.00 bits per heavy atom. The van der Waals surface area contributed by atoms with Crippen molar-refractivity contribution in [2.45, 2.75) is 80.8 Å². The van der Waals surface area contributed by atoms with Crippen molar-refractivity contribution >= 4 is 28.6 Å². The molecule has 0 radical (unpaired) electrons. The molecule has 0 bridgehead atoms. The van der Waals surface area contributed by atoms with Crippen molar-refractivity contribution < 1.29 is 14.6 Å². The van der Waals surface area contributed by atoms with Gasteiger partial charge in [-0.15, -0.1) is 0 Å². The second-order valence-corrected chi connectivity index (χ2v) is 8.25. The molecule has 1 fully saturated rings. The normalized spacial score (nSPS) is 39.6. The third-order valence-corrected chi connectivity index (χ3v) is 6.27. The minimum Gasteiger partial charge on any atom is -0.462 e. The average molecular weight is 420 g/mol. The molecule has 1 aliphatic carbocycles. The first-order valence-corrected chi connectivity index (χ1v) is 10.1. The molecule has 22 heavy (non-hydrogen) atoms. The van der Waals surface area contributed by atoms with E-state index in [1.807, 2.05) is 0 Å². The van der Waals surface area contributed by atoms with Gasteiger partial charge in [-0.25, -0.2) is 0 Å². The molecule has 0 aromatic heterocycles. The van der Waals surface area contributed by atoms with Gasteiger partial charge in [0.1, 0.15) is 6.10 Å². The van der Waals surface area contributed by atoms with Gasteiger partial charge >= 0.3 is 5.97 Å². The van der Waals surface area contributed by atoms with Gasteiger partial charge in [-0.3, -0.25) is 4.79 Å². The summed E-state index contributed by atoms with van der Waals surface area (Å²) in [6.07, 6.45) is 13.1. The second kappa shape index (κ2) is 9.26. The minimum absolute atomic E-state index is 0.0560. The zero-order valence-corrected chi connectivity index (χ0v) is 15.7. The Morgan fingerprint density at radius 3 is 2.77 bits per heavy atom. The van der Waals surface area contributed by atoms with Gasteiger partial charge in [-0.05, 0) is 32.1 Å². The fourth-order valence-corrected chi connectivity index (χ4v) is 4.79. The van der Waals surface area contributed by atoms with Crippen molar-refractivity contribution in [2.24, 2.45) is 11.8 Å². The Morgan fingerprint density at radius 1 is 1.27 bits per heavy atom. The first-order valence-electron chi connectivity index (χ1n) is 8.81. The largest absolute Gasteiger partial charge is 0.462 e. The van der Waals surface area contributed by atoms with E-state index in [9.17, 15) is 9.90 Å². The molecule has 126 valence electrons. The molecule has 1 unspecified atom stereocenters. The number of esters is 1. The number of halogens is 1. The number of hydrogen-bond donors (Lipinski definition) is 1. The molecule has 4 heteroatoms. The predicted molar refractivity (Wildman–Crippen MR) is 97.0 cm³/mol. The van der Waals surface area contributed by atoms with Crippen LogP contribution in [0.2, 0.25) is 0 Å². The number of alkyl halides is 1. The number of ether oxygens (including phenoxy) is 1. The number of fused-ring (bicyclic) bond motifs is 1. The lowest BCUT2D eigenvalue weighted by Gasteiger charge is -2.27. The van der Waals surface area contributed by atoms with E-state index >= 15 is 0 Å². The zero-order valence-electron chi connectivity index (χ0n) is 13.5. The first-order chi connectivity index (χ1) is 10.6. The van der Waals surface area contributed by atoms with Gasteiger partial charge in [0.05, 0.1) is 6.10 Å².